The molecule has 0 atom stereocenters. The Hall–Kier alpha value is -3.61. The van der Waals surface area contributed by atoms with E-state index in [1.165, 1.54) is 6.92 Å². The van der Waals surface area contributed by atoms with Gasteiger partial charge in [0, 0.05) is 12.5 Å². The van der Waals surface area contributed by atoms with Crippen molar-refractivity contribution in [2.75, 3.05) is 11.9 Å². The topological polar surface area (TPSA) is 72.5 Å². The van der Waals surface area contributed by atoms with Crippen LogP contribution in [0.5, 0.6) is 0 Å². The van der Waals surface area contributed by atoms with E-state index in [1.54, 1.807) is 24.3 Å². The molecule has 28 heavy (non-hydrogen) atoms. The van der Waals surface area contributed by atoms with E-state index >= 15 is 0 Å². The maximum absolute atomic E-state index is 13.3. The zero-order valence-corrected chi connectivity index (χ0v) is 14.8. The molecule has 0 spiro atoms. The van der Waals surface area contributed by atoms with Gasteiger partial charge in [0.1, 0.15) is 0 Å². The van der Waals surface area contributed by atoms with Gasteiger partial charge in [-0.05, 0) is 41.1 Å². The third-order valence-corrected chi connectivity index (χ3v) is 3.99. The van der Waals surface area contributed by atoms with Crippen LogP contribution in [0.25, 0.3) is 10.8 Å². The van der Waals surface area contributed by atoms with Crippen LogP contribution in [-0.2, 0) is 9.53 Å². The van der Waals surface area contributed by atoms with E-state index in [0.717, 1.165) is 29.0 Å². The maximum atomic E-state index is 13.3. The molecule has 142 valence electrons. The van der Waals surface area contributed by atoms with Gasteiger partial charge in [-0.15, -0.1) is 0 Å². The van der Waals surface area contributed by atoms with Gasteiger partial charge < -0.3 is 10.1 Å². The van der Waals surface area contributed by atoms with Crippen molar-refractivity contribution in [1.82, 2.24) is 0 Å². The average molecular weight is 383 g/mol. The molecule has 0 aliphatic rings. The number of halogens is 2. The first-order valence-electron chi connectivity index (χ1n) is 8.31. The Morgan fingerprint density at radius 1 is 0.929 bits per heavy atom. The highest BCUT2D eigenvalue weighted by atomic mass is 19.2. The first-order valence-corrected chi connectivity index (χ1v) is 8.31. The van der Waals surface area contributed by atoms with E-state index in [9.17, 15) is 23.2 Å². The summed E-state index contributed by atoms with van der Waals surface area (Å²) in [5.41, 5.74) is 0.204. The summed E-state index contributed by atoms with van der Waals surface area (Å²) in [5, 5.41) is 4.12. The lowest BCUT2D eigenvalue weighted by Crippen LogP contribution is -2.17. The first kappa shape index (κ1) is 19.2. The lowest BCUT2D eigenvalue weighted by Gasteiger charge is -2.12. The predicted octanol–water partition coefficient (Wildman–Crippen LogP) is 4.12. The van der Waals surface area contributed by atoms with Gasteiger partial charge in [0.15, 0.2) is 24.0 Å². The minimum absolute atomic E-state index is 0.0759. The Bertz CT molecular complexity index is 1090. The molecule has 0 bridgehead atoms. The predicted molar refractivity (Wildman–Crippen MR) is 99.2 cm³/mol. The van der Waals surface area contributed by atoms with Crippen molar-refractivity contribution in [3.63, 3.8) is 0 Å². The van der Waals surface area contributed by atoms with E-state index in [1.807, 2.05) is 12.1 Å². The third-order valence-electron chi connectivity index (χ3n) is 3.99. The fourth-order valence-electron chi connectivity index (χ4n) is 2.66. The van der Waals surface area contributed by atoms with E-state index in [4.69, 9.17) is 4.74 Å². The lowest BCUT2D eigenvalue weighted by atomic mass is 10.0. The second-order valence-corrected chi connectivity index (χ2v) is 6.05. The Kier molecular flexibility index (Phi) is 5.44. The van der Waals surface area contributed by atoms with Gasteiger partial charge in [-0.2, -0.15) is 0 Å². The van der Waals surface area contributed by atoms with Crippen LogP contribution >= 0.6 is 0 Å². The molecule has 0 fully saturated rings. The Labute approximate surface area is 158 Å². The molecule has 0 aliphatic heterocycles. The molecular formula is C21H15F2NO4. The van der Waals surface area contributed by atoms with E-state index < -0.39 is 30.0 Å². The summed E-state index contributed by atoms with van der Waals surface area (Å²) in [6, 6.07) is 13.1. The maximum Gasteiger partial charge on any atom is 0.340 e. The molecule has 3 aromatic carbocycles. The molecule has 3 rings (SSSR count). The van der Waals surface area contributed by atoms with Gasteiger partial charge in [0.2, 0.25) is 5.91 Å². The molecule has 1 N–H and O–H groups in total. The average Bonchev–Trinajstić information content (AvgIpc) is 2.67. The number of benzene rings is 3. The number of rotatable bonds is 5. The first-order chi connectivity index (χ1) is 13.3. The summed E-state index contributed by atoms with van der Waals surface area (Å²) in [5.74, 6) is -4.13. The standard InChI is InChI=1S/C21H15F2NO4/c1-12(25)24-19-10-14-5-3-2-4-13(14)8-16(19)21(27)28-11-20(26)15-6-7-17(22)18(23)9-15/h2-10H,11H2,1H3,(H,24,25). The number of carbonyl (C=O) groups is 3. The van der Waals surface area contributed by atoms with Crippen LogP contribution < -0.4 is 5.32 Å². The molecule has 0 saturated carbocycles. The molecule has 0 aromatic heterocycles. The minimum Gasteiger partial charge on any atom is -0.454 e. The fourth-order valence-corrected chi connectivity index (χ4v) is 2.66. The highest BCUT2D eigenvalue weighted by molar-refractivity contribution is 6.06. The van der Waals surface area contributed by atoms with Gasteiger partial charge in [-0.3, -0.25) is 9.59 Å². The number of nitrogens with one attached hydrogen (secondary N) is 1. The van der Waals surface area contributed by atoms with Crippen molar-refractivity contribution in [2.45, 2.75) is 6.92 Å². The van der Waals surface area contributed by atoms with E-state index in [-0.39, 0.29) is 22.7 Å². The third kappa shape index (κ3) is 4.20. The van der Waals surface area contributed by atoms with Crippen molar-refractivity contribution in [1.29, 1.82) is 0 Å². The molecule has 0 aliphatic carbocycles. The van der Waals surface area contributed by atoms with Gasteiger partial charge in [0.05, 0.1) is 11.3 Å². The Balaban J connectivity index is 1.82. The molecular weight excluding hydrogens is 368 g/mol. The monoisotopic (exact) mass is 383 g/mol. The number of anilines is 1. The summed E-state index contributed by atoms with van der Waals surface area (Å²) in [6.07, 6.45) is 0. The zero-order valence-electron chi connectivity index (χ0n) is 14.8. The summed E-state index contributed by atoms with van der Waals surface area (Å²) >= 11 is 0. The molecule has 3 aromatic rings. The summed E-state index contributed by atoms with van der Waals surface area (Å²) in [6.45, 7) is 0.646. The molecule has 0 saturated heterocycles. The number of carbonyl (C=O) groups excluding carboxylic acids is 3. The number of Topliss-reactive ketones (excluding diaryl/α,β-unsaturated/α-hetero) is 1. The summed E-state index contributed by atoms with van der Waals surface area (Å²) < 4.78 is 31.2. The van der Waals surface area contributed by atoms with Gasteiger partial charge in [0.25, 0.3) is 0 Å². The van der Waals surface area contributed by atoms with Crippen LogP contribution in [-0.4, -0.2) is 24.3 Å². The number of ketones is 1. The van der Waals surface area contributed by atoms with Crippen molar-refractivity contribution in [3.05, 3.63) is 77.4 Å². The summed E-state index contributed by atoms with van der Waals surface area (Å²) in [4.78, 5) is 36.0. The number of esters is 1. The quantitative estimate of drug-likeness (QED) is 0.531. The lowest BCUT2D eigenvalue weighted by molar-refractivity contribution is -0.114. The van der Waals surface area contributed by atoms with Crippen LogP contribution in [0.4, 0.5) is 14.5 Å². The Morgan fingerprint density at radius 2 is 1.61 bits per heavy atom. The fraction of sp³-hybridized carbons (Fsp3) is 0.0952. The van der Waals surface area contributed by atoms with Crippen molar-refractivity contribution < 1.29 is 27.9 Å². The number of fused-ring (bicyclic) bond motifs is 1. The van der Waals surface area contributed by atoms with Gasteiger partial charge in [-0.25, -0.2) is 13.6 Å². The zero-order chi connectivity index (χ0) is 20.3. The normalized spacial score (nSPS) is 10.5. The highest BCUT2D eigenvalue weighted by Gasteiger charge is 2.18. The second-order valence-electron chi connectivity index (χ2n) is 6.05. The van der Waals surface area contributed by atoms with Crippen LogP contribution in [0.15, 0.2) is 54.6 Å². The van der Waals surface area contributed by atoms with Gasteiger partial charge in [-0.1, -0.05) is 24.3 Å². The molecule has 0 unspecified atom stereocenters. The number of amides is 1. The smallest absolute Gasteiger partial charge is 0.340 e. The molecule has 7 heteroatoms. The highest BCUT2D eigenvalue weighted by Crippen LogP contribution is 2.25. The molecule has 5 nitrogen and oxygen atoms in total. The molecule has 1 amide bonds. The number of hydrogen-bond acceptors (Lipinski definition) is 4. The largest absolute Gasteiger partial charge is 0.454 e. The van der Waals surface area contributed by atoms with Crippen LogP contribution in [0.2, 0.25) is 0 Å². The van der Waals surface area contributed by atoms with Crippen LogP contribution in [0.3, 0.4) is 0 Å². The number of hydrogen-bond donors (Lipinski definition) is 1. The van der Waals surface area contributed by atoms with Crippen molar-refractivity contribution in [3.8, 4) is 0 Å². The van der Waals surface area contributed by atoms with Crippen LogP contribution in [0, 0.1) is 11.6 Å². The SMILES string of the molecule is CC(=O)Nc1cc2ccccc2cc1C(=O)OCC(=O)c1ccc(F)c(F)c1. The van der Waals surface area contributed by atoms with E-state index in [2.05, 4.69) is 5.32 Å². The second kappa shape index (κ2) is 7.96. The summed E-state index contributed by atoms with van der Waals surface area (Å²) in [7, 11) is 0. The van der Waals surface area contributed by atoms with E-state index in [0.29, 0.717) is 0 Å². The Morgan fingerprint density at radius 3 is 2.25 bits per heavy atom. The van der Waals surface area contributed by atoms with Crippen molar-refractivity contribution >= 4 is 34.1 Å². The molecule has 0 heterocycles. The number of ether oxygens (including phenoxy) is 1. The van der Waals surface area contributed by atoms with Crippen molar-refractivity contribution in [2.24, 2.45) is 0 Å². The van der Waals surface area contributed by atoms with Gasteiger partial charge >= 0.3 is 5.97 Å². The minimum atomic E-state index is -1.17. The molecule has 0 radical (unpaired) electrons. The van der Waals surface area contributed by atoms with Crippen LogP contribution in [0.1, 0.15) is 27.6 Å².